The first kappa shape index (κ1) is 5.82. The number of hydrogen-bond acceptors (Lipinski definition) is 4. The number of H-pyrrole nitrogens is 1. The molecule has 3 N–H and O–H groups in total. The molecular weight excluding hydrogens is 132 g/mol. The zero-order chi connectivity index (χ0) is 7.03. The fourth-order valence-electron chi connectivity index (χ4n) is 0.959. The van der Waals surface area contributed by atoms with E-state index in [4.69, 9.17) is 0 Å². The molecule has 1 aliphatic heterocycles. The zero-order valence-electron chi connectivity index (χ0n) is 5.33. The van der Waals surface area contributed by atoms with E-state index >= 15 is 0 Å². The molecule has 1 aromatic rings. The molecule has 10 heavy (non-hydrogen) atoms. The van der Waals surface area contributed by atoms with E-state index in [9.17, 15) is 5.11 Å². The number of aromatic nitrogens is 3. The minimum Gasteiger partial charge on any atom is -0.379 e. The molecule has 1 aliphatic rings. The molecule has 0 atom stereocenters. The summed E-state index contributed by atoms with van der Waals surface area (Å²) in [6, 6.07) is 0. The zero-order valence-corrected chi connectivity index (χ0v) is 5.33. The maximum absolute atomic E-state index is 9.57. The van der Waals surface area contributed by atoms with Crippen LogP contribution in [0.4, 0.5) is 0 Å². The molecule has 1 aromatic heterocycles. The van der Waals surface area contributed by atoms with Crippen molar-refractivity contribution in [1.82, 2.24) is 20.5 Å². The first-order valence-electron chi connectivity index (χ1n) is 3.10. The molecule has 1 saturated heterocycles. The monoisotopic (exact) mass is 140 g/mol. The van der Waals surface area contributed by atoms with Crippen molar-refractivity contribution < 1.29 is 5.11 Å². The van der Waals surface area contributed by atoms with E-state index in [-0.39, 0.29) is 0 Å². The number of hydrogen-bond donors (Lipinski definition) is 3. The lowest BCUT2D eigenvalue weighted by atomic mass is 9.97. The maximum Gasteiger partial charge on any atom is 0.158 e. The van der Waals surface area contributed by atoms with Crippen molar-refractivity contribution in [2.24, 2.45) is 0 Å². The summed E-state index contributed by atoms with van der Waals surface area (Å²) in [5.41, 5.74) is -0.795. The van der Waals surface area contributed by atoms with Gasteiger partial charge in [0, 0.05) is 13.1 Å². The molecular formula is C5H8N4O. The Bertz CT molecular complexity index is 216. The average Bonchev–Trinajstić information content (AvgIpc) is 2.33. The minimum atomic E-state index is -0.795. The van der Waals surface area contributed by atoms with Gasteiger partial charge in [-0.05, 0) is 0 Å². The fraction of sp³-hybridized carbons (Fsp3) is 0.600. The second-order valence-electron chi connectivity index (χ2n) is 2.47. The van der Waals surface area contributed by atoms with Crippen molar-refractivity contribution in [1.29, 1.82) is 0 Å². The first-order valence-corrected chi connectivity index (χ1v) is 3.10. The van der Waals surface area contributed by atoms with Gasteiger partial charge in [-0.1, -0.05) is 0 Å². The van der Waals surface area contributed by atoms with E-state index in [1.807, 2.05) is 0 Å². The van der Waals surface area contributed by atoms with E-state index in [1.54, 1.807) is 0 Å². The smallest absolute Gasteiger partial charge is 0.158 e. The Morgan fingerprint density at radius 1 is 1.60 bits per heavy atom. The number of nitrogens with one attached hydrogen (secondary N) is 2. The Balaban J connectivity index is 2.27. The molecule has 1 fully saturated rings. The lowest BCUT2D eigenvalue weighted by molar-refractivity contribution is -0.0224. The predicted octanol–water partition coefficient (Wildman–Crippen LogP) is -1.40. The fourth-order valence-corrected chi connectivity index (χ4v) is 0.959. The Hall–Kier alpha value is -0.940. The van der Waals surface area contributed by atoms with Crippen molar-refractivity contribution in [2.75, 3.05) is 13.1 Å². The second-order valence-corrected chi connectivity index (χ2v) is 2.47. The highest BCUT2D eigenvalue weighted by atomic mass is 16.3. The van der Waals surface area contributed by atoms with Gasteiger partial charge < -0.3 is 10.4 Å². The molecule has 0 bridgehead atoms. The third-order valence-corrected chi connectivity index (χ3v) is 1.69. The number of rotatable bonds is 1. The number of β-amino-alcohol motifs (C(OH)–C–C–N with tert-alkyl or cyclic N) is 1. The van der Waals surface area contributed by atoms with Crippen molar-refractivity contribution in [3.63, 3.8) is 0 Å². The molecule has 2 rings (SSSR count). The number of aromatic amines is 1. The molecule has 0 unspecified atom stereocenters. The van der Waals surface area contributed by atoms with Crippen molar-refractivity contribution in [3.05, 3.63) is 12.2 Å². The highest BCUT2D eigenvalue weighted by Gasteiger charge is 2.38. The molecule has 5 heteroatoms. The van der Waals surface area contributed by atoms with Crippen LogP contribution in [0, 0.1) is 0 Å². The molecule has 0 aliphatic carbocycles. The van der Waals surface area contributed by atoms with Gasteiger partial charge in [-0.3, -0.25) is 5.10 Å². The highest BCUT2D eigenvalue weighted by molar-refractivity contribution is 5.07. The summed E-state index contributed by atoms with van der Waals surface area (Å²) in [7, 11) is 0. The maximum atomic E-state index is 9.57. The molecule has 0 radical (unpaired) electrons. The van der Waals surface area contributed by atoms with Crippen molar-refractivity contribution in [2.45, 2.75) is 5.60 Å². The molecule has 0 spiro atoms. The topological polar surface area (TPSA) is 73.8 Å². The summed E-state index contributed by atoms with van der Waals surface area (Å²) in [6.45, 7) is 1.12. The summed E-state index contributed by atoms with van der Waals surface area (Å²) in [6.07, 6.45) is 1.39. The van der Waals surface area contributed by atoms with Crippen LogP contribution in [0.1, 0.15) is 5.82 Å². The normalized spacial score (nSPS) is 22.1. The quantitative estimate of drug-likeness (QED) is 0.448. The van der Waals surface area contributed by atoms with Gasteiger partial charge >= 0.3 is 0 Å². The van der Waals surface area contributed by atoms with Gasteiger partial charge in [-0.15, -0.1) is 0 Å². The molecule has 2 heterocycles. The van der Waals surface area contributed by atoms with Gasteiger partial charge in [-0.25, -0.2) is 4.98 Å². The van der Waals surface area contributed by atoms with E-state index in [2.05, 4.69) is 20.5 Å². The number of aliphatic hydroxyl groups is 1. The van der Waals surface area contributed by atoms with Gasteiger partial charge in [0.1, 0.15) is 11.9 Å². The van der Waals surface area contributed by atoms with Gasteiger partial charge in [0.25, 0.3) is 0 Å². The second kappa shape index (κ2) is 1.77. The van der Waals surface area contributed by atoms with E-state index in [0.29, 0.717) is 18.9 Å². The van der Waals surface area contributed by atoms with Crippen molar-refractivity contribution >= 4 is 0 Å². The van der Waals surface area contributed by atoms with Crippen LogP contribution in [0.15, 0.2) is 6.33 Å². The third kappa shape index (κ3) is 0.644. The average molecular weight is 140 g/mol. The summed E-state index contributed by atoms with van der Waals surface area (Å²) >= 11 is 0. The van der Waals surface area contributed by atoms with Crippen LogP contribution >= 0.6 is 0 Å². The molecule has 54 valence electrons. The van der Waals surface area contributed by atoms with Crippen LogP contribution < -0.4 is 5.32 Å². The lowest BCUT2D eigenvalue weighted by Crippen LogP contribution is -2.57. The lowest BCUT2D eigenvalue weighted by Gasteiger charge is -2.35. The molecule has 0 amide bonds. The summed E-state index contributed by atoms with van der Waals surface area (Å²) in [4.78, 5) is 3.85. The molecule has 0 saturated carbocycles. The Kier molecular flexibility index (Phi) is 1.03. The van der Waals surface area contributed by atoms with E-state index in [1.165, 1.54) is 6.33 Å². The Labute approximate surface area is 57.5 Å². The molecule has 5 nitrogen and oxygen atoms in total. The van der Waals surface area contributed by atoms with Gasteiger partial charge in [0.2, 0.25) is 0 Å². The van der Waals surface area contributed by atoms with Gasteiger partial charge in [0.15, 0.2) is 5.82 Å². The molecule has 0 aromatic carbocycles. The van der Waals surface area contributed by atoms with Gasteiger partial charge in [-0.2, -0.15) is 5.10 Å². The summed E-state index contributed by atoms with van der Waals surface area (Å²) < 4.78 is 0. The highest BCUT2D eigenvalue weighted by Crippen LogP contribution is 2.20. The Morgan fingerprint density at radius 3 is 2.80 bits per heavy atom. The van der Waals surface area contributed by atoms with Crippen LogP contribution in [-0.4, -0.2) is 33.4 Å². The third-order valence-electron chi connectivity index (χ3n) is 1.69. The van der Waals surface area contributed by atoms with Crippen molar-refractivity contribution in [3.8, 4) is 0 Å². The van der Waals surface area contributed by atoms with Crippen LogP contribution in [0.2, 0.25) is 0 Å². The minimum absolute atomic E-state index is 0.547. The predicted molar refractivity (Wildman–Crippen MR) is 33.1 cm³/mol. The van der Waals surface area contributed by atoms with Crippen LogP contribution in [0.5, 0.6) is 0 Å². The largest absolute Gasteiger partial charge is 0.379 e. The SMILES string of the molecule is OC1(c2ncn[nH]2)CNC1. The first-order chi connectivity index (χ1) is 4.81. The summed E-state index contributed by atoms with van der Waals surface area (Å²) in [5.74, 6) is 0.547. The van der Waals surface area contributed by atoms with Crippen LogP contribution in [-0.2, 0) is 5.60 Å². The Morgan fingerprint density at radius 2 is 2.40 bits per heavy atom. The summed E-state index contributed by atoms with van der Waals surface area (Å²) in [5, 5.41) is 18.8. The van der Waals surface area contributed by atoms with Gasteiger partial charge in [0.05, 0.1) is 0 Å². The van der Waals surface area contributed by atoms with Crippen LogP contribution in [0.3, 0.4) is 0 Å². The van der Waals surface area contributed by atoms with E-state index < -0.39 is 5.60 Å². The standard InChI is InChI=1S/C5H8N4O/c10-5(1-6-2-5)4-7-3-8-9-4/h3,6,10H,1-2H2,(H,7,8,9). The number of nitrogens with zero attached hydrogens (tertiary/aromatic N) is 2. The van der Waals surface area contributed by atoms with E-state index in [0.717, 1.165) is 0 Å². The van der Waals surface area contributed by atoms with Crippen LogP contribution in [0.25, 0.3) is 0 Å².